The molecule has 0 N–H and O–H groups in total. The van der Waals surface area contributed by atoms with Crippen molar-refractivity contribution in [3.8, 4) is 11.5 Å². The zero-order valence-corrected chi connectivity index (χ0v) is 11.5. The van der Waals surface area contributed by atoms with Gasteiger partial charge < -0.3 is 9.47 Å². The van der Waals surface area contributed by atoms with E-state index in [-0.39, 0.29) is 11.9 Å². The van der Waals surface area contributed by atoms with Gasteiger partial charge in [0.15, 0.2) is 11.5 Å². The maximum atomic E-state index is 11.7. The van der Waals surface area contributed by atoms with Crippen LogP contribution in [0.25, 0.3) is 0 Å². The number of ether oxygens (including phenoxy) is 2. The van der Waals surface area contributed by atoms with Crippen LogP contribution in [0.15, 0.2) is 36.0 Å². The van der Waals surface area contributed by atoms with Crippen molar-refractivity contribution >= 4 is 12.2 Å². The summed E-state index contributed by atoms with van der Waals surface area (Å²) in [6.45, 7) is 0. The molecule has 2 aromatic rings. The number of nitrogens with zero attached hydrogens (tertiary/aromatic N) is 4. The van der Waals surface area contributed by atoms with E-state index in [0.717, 1.165) is 18.4 Å². The van der Waals surface area contributed by atoms with Crippen molar-refractivity contribution in [2.75, 3.05) is 7.11 Å². The third-order valence-corrected chi connectivity index (χ3v) is 3.06. The average Bonchev–Trinajstić information content (AvgIpc) is 3.23. The Labute approximate surface area is 121 Å². The van der Waals surface area contributed by atoms with Crippen molar-refractivity contribution in [3.05, 3.63) is 36.4 Å². The maximum absolute atomic E-state index is 11.7. The summed E-state index contributed by atoms with van der Waals surface area (Å²) in [7, 11) is 1.53. The maximum Gasteiger partial charge on any atom is 0.314 e. The van der Waals surface area contributed by atoms with E-state index in [9.17, 15) is 4.79 Å². The smallest absolute Gasteiger partial charge is 0.314 e. The molecule has 1 saturated carbocycles. The summed E-state index contributed by atoms with van der Waals surface area (Å²) in [5.41, 5.74) is 0.812. The second-order valence-corrected chi connectivity index (χ2v) is 4.69. The van der Waals surface area contributed by atoms with Gasteiger partial charge in [0.2, 0.25) is 0 Å². The number of aromatic nitrogens is 3. The van der Waals surface area contributed by atoms with Gasteiger partial charge in [-0.15, -0.1) is 10.2 Å². The van der Waals surface area contributed by atoms with Gasteiger partial charge >= 0.3 is 5.97 Å². The minimum absolute atomic E-state index is 0.0460. The highest BCUT2D eigenvalue weighted by molar-refractivity contribution is 5.82. The third kappa shape index (κ3) is 3.25. The molecule has 0 amide bonds. The minimum Gasteiger partial charge on any atom is -0.493 e. The van der Waals surface area contributed by atoms with E-state index < -0.39 is 0 Å². The zero-order chi connectivity index (χ0) is 14.7. The third-order valence-electron chi connectivity index (χ3n) is 3.06. The summed E-state index contributed by atoms with van der Waals surface area (Å²) in [6, 6.07) is 5.25. The van der Waals surface area contributed by atoms with E-state index in [4.69, 9.17) is 9.47 Å². The van der Waals surface area contributed by atoms with Crippen LogP contribution in [0.2, 0.25) is 0 Å². The number of benzene rings is 1. The first kappa shape index (κ1) is 13.3. The Balaban J connectivity index is 1.76. The molecule has 0 unspecified atom stereocenters. The molecule has 1 fully saturated rings. The molecule has 7 nitrogen and oxygen atoms in total. The van der Waals surface area contributed by atoms with Gasteiger partial charge in [-0.2, -0.15) is 5.10 Å². The second-order valence-electron chi connectivity index (χ2n) is 4.69. The fraction of sp³-hybridized carbons (Fsp3) is 0.286. The molecule has 1 aliphatic carbocycles. The largest absolute Gasteiger partial charge is 0.493 e. The summed E-state index contributed by atoms with van der Waals surface area (Å²) >= 11 is 0. The normalized spacial score (nSPS) is 14.3. The van der Waals surface area contributed by atoms with Gasteiger partial charge in [-0.3, -0.25) is 4.79 Å². The molecule has 0 saturated heterocycles. The Bertz CT molecular complexity index is 663. The average molecular weight is 286 g/mol. The van der Waals surface area contributed by atoms with Crippen molar-refractivity contribution in [1.29, 1.82) is 0 Å². The van der Waals surface area contributed by atoms with Gasteiger partial charge in [0.05, 0.1) is 19.2 Å². The molecule has 0 atom stereocenters. The quantitative estimate of drug-likeness (QED) is 0.472. The van der Waals surface area contributed by atoms with Crippen molar-refractivity contribution in [2.24, 2.45) is 11.0 Å². The Morgan fingerprint density at radius 2 is 2.10 bits per heavy atom. The second kappa shape index (κ2) is 5.74. The molecule has 0 bridgehead atoms. The van der Waals surface area contributed by atoms with E-state index in [1.807, 2.05) is 0 Å². The van der Waals surface area contributed by atoms with Crippen LogP contribution < -0.4 is 9.47 Å². The summed E-state index contributed by atoms with van der Waals surface area (Å²) < 4.78 is 12.1. The molecule has 108 valence electrons. The van der Waals surface area contributed by atoms with Crippen LogP contribution in [0.4, 0.5) is 0 Å². The lowest BCUT2D eigenvalue weighted by Gasteiger charge is -2.09. The number of esters is 1. The fourth-order valence-electron chi connectivity index (χ4n) is 1.75. The molecule has 3 rings (SSSR count). The van der Waals surface area contributed by atoms with Gasteiger partial charge in [0.1, 0.15) is 12.7 Å². The first-order valence-electron chi connectivity index (χ1n) is 6.55. The lowest BCUT2D eigenvalue weighted by Crippen LogP contribution is -2.10. The Kier molecular flexibility index (Phi) is 3.63. The van der Waals surface area contributed by atoms with E-state index >= 15 is 0 Å². The lowest BCUT2D eigenvalue weighted by molar-refractivity contribution is -0.135. The number of rotatable bonds is 5. The van der Waals surface area contributed by atoms with Crippen molar-refractivity contribution in [2.45, 2.75) is 12.8 Å². The molecule has 1 aliphatic rings. The standard InChI is InChI=1S/C14H14N4O3/c1-20-13-6-10(7-17-18-8-15-16-9-18)2-5-12(13)21-14(19)11-3-4-11/h2,5-9,11H,3-4H2,1H3. The van der Waals surface area contributed by atoms with Crippen LogP contribution >= 0.6 is 0 Å². The van der Waals surface area contributed by atoms with Crippen LogP contribution in [0.5, 0.6) is 11.5 Å². The number of carbonyl (C=O) groups excluding carboxylic acids is 1. The number of hydrogen-bond acceptors (Lipinski definition) is 6. The predicted octanol–water partition coefficient (Wildman–Crippen LogP) is 1.48. The molecule has 0 radical (unpaired) electrons. The molecule has 21 heavy (non-hydrogen) atoms. The minimum atomic E-state index is -0.195. The van der Waals surface area contributed by atoms with Gasteiger partial charge in [-0.1, -0.05) is 0 Å². The summed E-state index contributed by atoms with van der Waals surface area (Å²) in [5.74, 6) is 0.774. The van der Waals surface area contributed by atoms with E-state index in [1.165, 1.54) is 24.4 Å². The van der Waals surface area contributed by atoms with Crippen molar-refractivity contribution < 1.29 is 14.3 Å². The molecular formula is C14H14N4O3. The first-order valence-corrected chi connectivity index (χ1v) is 6.55. The van der Waals surface area contributed by atoms with Crippen LogP contribution in [-0.4, -0.2) is 34.2 Å². The Morgan fingerprint density at radius 1 is 1.33 bits per heavy atom. The predicted molar refractivity (Wildman–Crippen MR) is 74.4 cm³/mol. The highest BCUT2D eigenvalue weighted by atomic mass is 16.6. The number of methoxy groups -OCH3 is 1. The van der Waals surface area contributed by atoms with Gasteiger partial charge in [0, 0.05) is 0 Å². The summed E-state index contributed by atoms with van der Waals surface area (Å²) in [6.07, 6.45) is 6.42. The molecule has 1 aromatic carbocycles. The number of carbonyl (C=O) groups is 1. The van der Waals surface area contributed by atoms with E-state index in [2.05, 4.69) is 15.3 Å². The molecule has 0 aliphatic heterocycles. The highest BCUT2D eigenvalue weighted by Gasteiger charge is 2.32. The van der Waals surface area contributed by atoms with Crippen LogP contribution in [0.3, 0.4) is 0 Å². The molecular weight excluding hydrogens is 272 g/mol. The fourth-order valence-corrected chi connectivity index (χ4v) is 1.75. The number of hydrogen-bond donors (Lipinski definition) is 0. The highest BCUT2D eigenvalue weighted by Crippen LogP contribution is 2.34. The molecule has 7 heteroatoms. The van der Waals surface area contributed by atoms with Gasteiger partial charge in [-0.25, -0.2) is 4.68 Å². The monoisotopic (exact) mass is 286 g/mol. The SMILES string of the molecule is COc1cc(C=Nn2cnnc2)ccc1OC(=O)C1CC1. The first-order chi connectivity index (χ1) is 10.3. The molecule has 1 heterocycles. The zero-order valence-electron chi connectivity index (χ0n) is 11.5. The van der Waals surface area contributed by atoms with Crippen molar-refractivity contribution in [3.63, 3.8) is 0 Å². The van der Waals surface area contributed by atoms with Gasteiger partial charge in [-0.05, 0) is 36.6 Å². The van der Waals surface area contributed by atoms with Crippen LogP contribution in [-0.2, 0) is 4.79 Å². The topological polar surface area (TPSA) is 78.6 Å². The summed E-state index contributed by atoms with van der Waals surface area (Å²) in [4.78, 5) is 11.7. The Morgan fingerprint density at radius 3 is 2.76 bits per heavy atom. The Hall–Kier alpha value is -2.70. The van der Waals surface area contributed by atoms with E-state index in [0.29, 0.717) is 11.5 Å². The lowest BCUT2D eigenvalue weighted by atomic mass is 10.2. The molecule has 0 spiro atoms. The summed E-state index contributed by atoms with van der Waals surface area (Å²) in [5, 5.41) is 11.5. The van der Waals surface area contributed by atoms with Crippen LogP contribution in [0.1, 0.15) is 18.4 Å². The van der Waals surface area contributed by atoms with Crippen LogP contribution in [0, 0.1) is 5.92 Å². The van der Waals surface area contributed by atoms with E-state index in [1.54, 1.807) is 24.4 Å². The van der Waals surface area contributed by atoms with Gasteiger partial charge in [0.25, 0.3) is 0 Å². The van der Waals surface area contributed by atoms with Crippen molar-refractivity contribution in [1.82, 2.24) is 14.9 Å². The molecule has 1 aromatic heterocycles.